The third kappa shape index (κ3) is 9.79. The maximum absolute atomic E-state index is 3.68. The lowest BCUT2D eigenvalue weighted by Gasteiger charge is -2.01. The Labute approximate surface area is 80.3 Å². The normalized spacial score (nSPS) is 9.67. The molecule has 0 aromatic heterocycles. The van der Waals surface area contributed by atoms with Crippen LogP contribution in [0.4, 0.5) is 0 Å². The molecule has 2 heteroatoms. The van der Waals surface area contributed by atoms with E-state index in [9.17, 15) is 0 Å². The van der Waals surface area contributed by atoms with Crippen molar-refractivity contribution in [1.82, 2.24) is 5.32 Å². The van der Waals surface area contributed by atoms with Crippen molar-refractivity contribution in [3.05, 3.63) is 25.3 Å². The van der Waals surface area contributed by atoms with Gasteiger partial charge in [-0.15, -0.1) is 13.2 Å². The van der Waals surface area contributed by atoms with Crippen LogP contribution in [0.3, 0.4) is 0 Å². The van der Waals surface area contributed by atoms with Crippen molar-refractivity contribution in [3.8, 4) is 0 Å². The number of unbranched alkanes of at least 4 members (excludes halogenated alkanes) is 1. The van der Waals surface area contributed by atoms with Gasteiger partial charge in [0.25, 0.3) is 0 Å². The first-order valence-electron chi connectivity index (χ1n) is 4.42. The fourth-order valence-electron chi connectivity index (χ4n) is 0.807. The Balaban J connectivity index is 2.81. The largest absolute Gasteiger partial charge is 0.316 e. The second-order valence-electron chi connectivity index (χ2n) is 2.54. The van der Waals surface area contributed by atoms with Gasteiger partial charge in [-0.1, -0.05) is 12.2 Å². The molecule has 0 heterocycles. The van der Waals surface area contributed by atoms with Gasteiger partial charge in [-0.2, -0.15) is 11.8 Å². The topological polar surface area (TPSA) is 12.0 Å². The van der Waals surface area contributed by atoms with Gasteiger partial charge in [0.1, 0.15) is 0 Å². The molecule has 0 radical (unpaired) electrons. The van der Waals surface area contributed by atoms with E-state index >= 15 is 0 Å². The third-order valence-corrected chi connectivity index (χ3v) is 2.38. The zero-order valence-electron chi connectivity index (χ0n) is 7.72. The van der Waals surface area contributed by atoms with Crippen LogP contribution in [0.25, 0.3) is 0 Å². The van der Waals surface area contributed by atoms with Crippen LogP contribution in [-0.4, -0.2) is 24.6 Å². The van der Waals surface area contributed by atoms with Crippen LogP contribution in [0, 0.1) is 0 Å². The molecule has 0 saturated heterocycles. The Bertz CT molecular complexity index is 98.4. The highest BCUT2D eigenvalue weighted by molar-refractivity contribution is 7.99. The van der Waals surface area contributed by atoms with E-state index in [0.717, 1.165) is 25.3 Å². The van der Waals surface area contributed by atoms with Crippen molar-refractivity contribution in [1.29, 1.82) is 0 Å². The SMILES string of the molecule is C=CCCCNCCSCC=C. The highest BCUT2D eigenvalue weighted by Gasteiger charge is 1.86. The van der Waals surface area contributed by atoms with Gasteiger partial charge in [-0.25, -0.2) is 0 Å². The molecule has 0 bridgehead atoms. The van der Waals surface area contributed by atoms with Crippen LogP contribution in [0.5, 0.6) is 0 Å². The molecule has 0 aromatic rings. The van der Waals surface area contributed by atoms with Gasteiger partial charge in [0.05, 0.1) is 0 Å². The molecule has 0 unspecified atom stereocenters. The van der Waals surface area contributed by atoms with Crippen LogP contribution in [0.1, 0.15) is 12.8 Å². The predicted molar refractivity (Wildman–Crippen MR) is 59.8 cm³/mol. The zero-order chi connectivity index (χ0) is 9.07. The summed E-state index contributed by atoms with van der Waals surface area (Å²) >= 11 is 1.92. The summed E-state index contributed by atoms with van der Waals surface area (Å²) in [6, 6.07) is 0. The fourth-order valence-corrected chi connectivity index (χ4v) is 1.43. The third-order valence-electron chi connectivity index (χ3n) is 1.42. The van der Waals surface area contributed by atoms with Crippen molar-refractivity contribution in [2.45, 2.75) is 12.8 Å². The van der Waals surface area contributed by atoms with E-state index in [1.165, 1.54) is 12.2 Å². The summed E-state index contributed by atoms with van der Waals surface area (Å²) in [6.07, 6.45) is 6.24. The van der Waals surface area contributed by atoms with Crippen molar-refractivity contribution < 1.29 is 0 Å². The van der Waals surface area contributed by atoms with Crippen LogP contribution >= 0.6 is 11.8 Å². The van der Waals surface area contributed by atoms with Crippen molar-refractivity contribution in [2.24, 2.45) is 0 Å². The summed E-state index contributed by atoms with van der Waals surface area (Å²) in [5.74, 6) is 2.24. The fraction of sp³-hybridized carbons (Fsp3) is 0.600. The highest BCUT2D eigenvalue weighted by atomic mass is 32.2. The molecule has 0 aliphatic heterocycles. The second kappa shape index (κ2) is 10.8. The second-order valence-corrected chi connectivity index (χ2v) is 3.69. The molecule has 0 aliphatic carbocycles. The van der Waals surface area contributed by atoms with Gasteiger partial charge in [0.2, 0.25) is 0 Å². The molecular formula is C10H19NS. The number of hydrogen-bond donors (Lipinski definition) is 1. The zero-order valence-corrected chi connectivity index (χ0v) is 8.54. The first-order chi connectivity index (χ1) is 5.91. The highest BCUT2D eigenvalue weighted by Crippen LogP contribution is 1.97. The van der Waals surface area contributed by atoms with Crippen LogP contribution in [0.15, 0.2) is 25.3 Å². The minimum Gasteiger partial charge on any atom is -0.316 e. The van der Waals surface area contributed by atoms with Crippen molar-refractivity contribution >= 4 is 11.8 Å². The molecule has 0 saturated carbocycles. The summed E-state index contributed by atoms with van der Waals surface area (Å²) in [7, 11) is 0. The van der Waals surface area contributed by atoms with E-state index in [1.54, 1.807) is 0 Å². The molecule has 0 aliphatic rings. The minimum atomic E-state index is 1.06. The van der Waals surface area contributed by atoms with Gasteiger partial charge in [-0.05, 0) is 19.4 Å². The first-order valence-corrected chi connectivity index (χ1v) is 5.57. The molecule has 0 aromatic carbocycles. The first kappa shape index (κ1) is 11.8. The van der Waals surface area contributed by atoms with Crippen LogP contribution in [-0.2, 0) is 0 Å². The quantitative estimate of drug-likeness (QED) is 0.437. The summed E-state index contributed by atoms with van der Waals surface area (Å²) < 4.78 is 0. The molecule has 0 amide bonds. The van der Waals surface area contributed by atoms with Crippen molar-refractivity contribution in [3.63, 3.8) is 0 Å². The molecular weight excluding hydrogens is 166 g/mol. The number of allylic oxidation sites excluding steroid dienone is 1. The lowest BCUT2D eigenvalue weighted by molar-refractivity contribution is 0.683. The van der Waals surface area contributed by atoms with Gasteiger partial charge in [0, 0.05) is 18.1 Å². The van der Waals surface area contributed by atoms with Gasteiger partial charge in [0.15, 0.2) is 0 Å². The number of rotatable bonds is 9. The summed E-state index contributed by atoms with van der Waals surface area (Å²) in [6.45, 7) is 9.56. The summed E-state index contributed by atoms with van der Waals surface area (Å²) in [5.41, 5.74) is 0. The average molecular weight is 185 g/mol. The van der Waals surface area contributed by atoms with E-state index in [0.29, 0.717) is 0 Å². The smallest absolute Gasteiger partial charge is 0.0111 e. The monoisotopic (exact) mass is 185 g/mol. The van der Waals surface area contributed by atoms with Gasteiger partial charge < -0.3 is 5.32 Å². The van der Waals surface area contributed by atoms with E-state index < -0.39 is 0 Å². The predicted octanol–water partition coefficient (Wildman–Crippen LogP) is 2.46. The lowest BCUT2D eigenvalue weighted by Crippen LogP contribution is -2.18. The average Bonchev–Trinajstić information content (AvgIpc) is 2.10. The Kier molecular flexibility index (Phi) is 10.6. The molecule has 70 valence electrons. The molecule has 1 nitrogen and oxygen atoms in total. The maximum atomic E-state index is 3.68. The Morgan fingerprint density at radius 1 is 1.17 bits per heavy atom. The number of thioether (sulfide) groups is 1. The lowest BCUT2D eigenvalue weighted by atomic mass is 10.3. The van der Waals surface area contributed by atoms with Gasteiger partial charge in [-0.3, -0.25) is 0 Å². The molecule has 0 spiro atoms. The van der Waals surface area contributed by atoms with E-state index in [1.807, 2.05) is 23.9 Å². The maximum Gasteiger partial charge on any atom is 0.0111 e. The molecule has 0 fully saturated rings. The van der Waals surface area contributed by atoms with Crippen molar-refractivity contribution in [2.75, 3.05) is 24.6 Å². The standard InChI is InChI=1S/C10H19NS/c1-3-5-6-7-11-8-10-12-9-4-2/h3-4,11H,1-2,5-10H2. The summed E-state index contributed by atoms with van der Waals surface area (Å²) in [5, 5.41) is 3.38. The van der Waals surface area contributed by atoms with E-state index in [-0.39, 0.29) is 0 Å². The van der Waals surface area contributed by atoms with Crippen LogP contribution < -0.4 is 5.32 Å². The van der Waals surface area contributed by atoms with E-state index in [2.05, 4.69) is 18.5 Å². The minimum absolute atomic E-state index is 1.06. The molecule has 1 N–H and O–H groups in total. The molecule has 12 heavy (non-hydrogen) atoms. The Morgan fingerprint density at radius 3 is 2.67 bits per heavy atom. The molecule has 0 rings (SSSR count). The van der Waals surface area contributed by atoms with E-state index in [4.69, 9.17) is 0 Å². The van der Waals surface area contributed by atoms with Gasteiger partial charge >= 0.3 is 0 Å². The number of nitrogens with one attached hydrogen (secondary N) is 1. The van der Waals surface area contributed by atoms with Crippen LogP contribution in [0.2, 0.25) is 0 Å². The Hall–Kier alpha value is -0.210. The molecule has 0 atom stereocenters. The Morgan fingerprint density at radius 2 is 2.00 bits per heavy atom. The summed E-state index contributed by atoms with van der Waals surface area (Å²) in [4.78, 5) is 0. The number of hydrogen-bond acceptors (Lipinski definition) is 2.